The maximum Gasteiger partial charge on any atom is 0.0880 e. The maximum atomic E-state index is 5.02. The molecule has 5 rings (SSSR count). The molecule has 0 saturated heterocycles. The Morgan fingerprint density at radius 3 is 1.88 bits per heavy atom. The molecule has 0 atom stereocenters. The molecule has 0 fully saturated rings. The molecule has 0 N–H and O–H groups in total. The van der Waals surface area contributed by atoms with Crippen LogP contribution in [0.5, 0.6) is 0 Å². The first-order valence-electron chi connectivity index (χ1n) is 14.7. The molecule has 0 unspecified atom stereocenters. The third-order valence-electron chi connectivity index (χ3n) is 9.14. The zero-order chi connectivity index (χ0) is 29.5. The molecule has 0 aliphatic heterocycles. The van der Waals surface area contributed by atoms with E-state index in [0.717, 1.165) is 5.69 Å². The Kier molecular flexibility index (Phi) is 6.98. The highest BCUT2D eigenvalue weighted by molar-refractivity contribution is 7.26. The van der Waals surface area contributed by atoms with E-state index in [9.17, 15) is 0 Å². The summed E-state index contributed by atoms with van der Waals surface area (Å²) in [5.74, 6) is 0. The Morgan fingerprint density at radius 1 is 0.650 bits per heavy atom. The van der Waals surface area contributed by atoms with Gasteiger partial charge in [0, 0.05) is 51.5 Å². The first kappa shape index (κ1) is 29.4. The largest absolute Gasteiger partial charge is 0.255 e. The van der Waals surface area contributed by atoms with E-state index >= 15 is 0 Å². The van der Waals surface area contributed by atoms with Crippen LogP contribution in [0.15, 0.2) is 66.9 Å². The van der Waals surface area contributed by atoms with Gasteiger partial charge in [-0.2, -0.15) is 0 Å². The van der Waals surface area contributed by atoms with Gasteiger partial charge in [0.15, 0.2) is 0 Å². The van der Waals surface area contributed by atoms with Crippen molar-refractivity contribution < 1.29 is 0 Å². The monoisotopic (exact) mass is 597 g/mol. The van der Waals surface area contributed by atoms with Crippen molar-refractivity contribution in [3.8, 4) is 11.3 Å². The van der Waals surface area contributed by atoms with E-state index in [0.29, 0.717) is 4.28 Å². The van der Waals surface area contributed by atoms with Crippen LogP contribution in [0.3, 0.4) is 0 Å². The minimum absolute atomic E-state index is 0.0481. The molecule has 2 aromatic heterocycles. The fourth-order valence-corrected chi connectivity index (χ4v) is 40.2. The predicted molar refractivity (Wildman–Crippen MR) is 190 cm³/mol. The second kappa shape index (κ2) is 9.48. The zero-order valence-electron chi connectivity index (χ0n) is 26.7. The number of nitrogens with zero attached hydrogens (tertiary/aromatic N) is 1. The van der Waals surface area contributed by atoms with Crippen molar-refractivity contribution in [3.05, 3.63) is 78.0 Å². The number of rotatable bonds is 5. The molecular formula is C35H47NSSi3. The summed E-state index contributed by atoms with van der Waals surface area (Å²) in [6, 6.07) is 23.4. The predicted octanol–water partition coefficient (Wildman–Crippen LogP) is 11.4. The van der Waals surface area contributed by atoms with Crippen molar-refractivity contribution in [2.45, 2.75) is 89.4 Å². The standard InChI is InChI=1S/C35H47NSSi3/c1-34(2,3)30-22-25(21-24-15-13-14-16-27(24)30)32-33-29(19-20-36-32)28-18-17-26(23-31(28)37-33)35(38(4,5)6,39(7,8)9)40(10,11)12/h13-23H,1-12H3. The van der Waals surface area contributed by atoms with E-state index < -0.39 is 24.2 Å². The SMILES string of the molecule is CC(C)(C)c1cc(-c2nccc3c2sc2cc(C([Si](C)(C)C)([Si](C)(C)C)[Si](C)(C)C)ccc23)cc2ccccc12. The summed E-state index contributed by atoms with van der Waals surface area (Å²) in [4.78, 5) is 5.02. The lowest BCUT2D eigenvalue weighted by molar-refractivity contribution is 0.596. The first-order chi connectivity index (χ1) is 18.4. The normalized spacial score (nSPS) is 14.0. The molecule has 210 valence electrons. The van der Waals surface area contributed by atoms with Gasteiger partial charge in [-0.3, -0.25) is 4.98 Å². The van der Waals surface area contributed by atoms with E-state index in [1.807, 2.05) is 17.5 Å². The van der Waals surface area contributed by atoms with Crippen LogP contribution in [-0.2, 0) is 9.70 Å². The van der Waals surface area contributed by atoms with E-state index in [1.165, 1.54) is 42.1 Å². The third-order valence-corrected chi connectivity index (χ3v) is 31.4. The number of fused-ring (bicyclic) bond motifs is 4. The van der Waals surface area contributed by atoms with Gasteiger partial charge in [0.05, 0.1) is 10.4 Å². The lowest BCUT2D eigenvalue weighted by atomic mass is 9.82. The summed E-state index contributed by atoms with van der Waals surface area (Å²) in [5.41, 5.74) is 5.39. The number of pyridine rings is 1. The molecule has 1 nitrogen and oxygen atoms in total. The fraction of sp³-hybridized carbons (Fsp3) is 0.400. The zero-order valence-corrected chi connectivity index (χ0v) is 30.5. The summed E-state index contributed by atoms with van der Waals surface area (Å²) >= 11 is 1.95. The Bertz CT molecular complexity index is 1700. The summed E-state index contributed by atoms with van der Waals surface area (Å²) in [6.07, 6.45) is 2.01. The lowest BCUT2D eigenvalue weighted by Crippen LogP contribution is -2.74. The Morgan fingerprint density at radius 2 is 1.27 bits per heavy atom. The van der Waals surface area contributed by atoms with Crippen LogP contribution in [0.4, 0.5) is 0 Å². The van der Waals surface area contributed by atoms with E-state index in [2.05, 4.69) is 140 Å². The van der Waals surface area contributed by atoms with Crippen LogP contribution in [0, 0.1) is 0 Å². The van der Waals surface area contributed by atoms with Crippen molar-refractivity contribution >= 4 is 66.5 Å². The van der Waals surface area contributed by atoms with Gasteiger partial charge >= 0.3 is 0 Å². The van der Waals surface area contributed by atoms with E-state index in [-0.39, 0.29) is 5.41 Å². The molecule has 0 amide bonds. The van der Waals surface area contributed by atoms with Gasteiger partial charge in [-0.15, -0.1) is 11.3 Å². The Hall–Kier alpha value is -2.06. The second-order valence-corrected chi connectivity index (χ2v) is 34.1. The average molecular weight is 598 g/mol. The minimum atomic E-state index is -1.57. The lowest BCUT2D eigenvalue weighted by Gasteiger charge is -2.59. The van der Waals surface area contributed by atoms with Crippen molar-refractivity contribution in [1.82, 2.24) is 4.98 Å². The van der Waals surface area contributed by atoms with Crippen molar-refractivity contribution in [3.63, 3.8) is 0 Å². The summed E-state index contributed by atoms with van der Waals surface area (Å²) < 4.78 is 3.10. The molecule has 0 radical (unpaired) electrons. The van der Waals surface area contributed by atoms with Gasteiger partial charge in [0.2, 0.25) is 0 Å². The van der Waals surface area contributed by atoms with Gasteiger partial charge in [-0.05, 0) is 55.9 Å². The highest BCUT2D eigenvalue weighted by Gasteiger charge is 2.60. The van der Waals surface area contributed by atoms with Crippen LogP contribution in [0.1, 0.15) is 31.9 Å². The second-order valence-electron chi connectivity index (χ2n) is 15.8. The average Bonchev–Trinajstić information content (AvgIpc) is 3.18. The van der Waals surface area contributed by atoms with Gasteiger partial charge in [0.25, 0.3) is 0 Å². The van der Waals surface area contributed by atoms with E-state index in [4.69, 9.17) is 4.98 Å². The number of aromatic nitrogens is 1. The number of hydrogen-bond acceptors (Lipinski definition) is 2. The molecule has 2 heterocycles. The molecule has 40 heavy (non-hydrogen) atoms. The van der Waals surface area contributed by atoms with Crippen LogP contribution >= 0.6 is 11.3 Å². The Balaban J connectivity index is 1.80. The number of hydrogen-bond donors (Lipinski definition) is 0. The van der Waals surface area contributed by atoms with Gasteiger partial charge < -0.3 is 0 Å². The summed E-state index contributed by atoms with van der Waals surface area (Å²) in [6.45, 7) is 30.6. The van der Waals surface area contributed by atoms with Crippen molar-refractivity contribution in [2.75, 3.05) is 0 Å². The maximum absolute atomic E-state index is 5.02. The Labute approximate surface area is 249 Å². The fourth-order valence-electron chi connectivity index (χ4n) is 8.88. The quantitative estimate of drug-likeness (QED) is 0.184. The third kappa shape index (κ3) is 4.48. The molecular weight excluding hydrogens is 551 g/mol. The topological polar surface area (TPSA) is 12.9 Å². The molecule has 5 heteroatoms. The molecule has 0 aliphatic rings. The highest BCUT2D eigenvalue weighted by Crippen LogP contribution is 2.51. The van der Waals surface area contributed by atoms with Gasteiger partial charge in [-0.25, -0.2) is 0 Å². The first-order valence-corrected chi connectivity index (χ1v) is 26.0. The van der Waals surface area contributed by atoms with Crippen LogP contribution in [0.2, 0.25) is 58.9 Å². The molecule has 3 aromatic carbocycles. The van der Waals surface area contributed by atoms with Crippen LogP contribution in [0.25, 0.3) is 42.2 Å². The van der Waals surface area contributed by atoms with Gasteiger partial charge in [0.1, 0.15) is 0 Å². The van der Waals surface area contributed by atoms with E-state index in [1.54, 1.807) is 5.56 Å². The van der Waals surface area contributed by atoms with Crippen LogP contribution < -0.4 is 0 Å². The van der Waals surface area contributed by atoms with Crippen molar-refractivity contribution in [2.24, 2.45) is 0 Å². The van der Waals surface area contributed by atoms with Crippen molar-refractivity contribution in [1.29, 1.82) is 0 Å². The number of benzene rings is 3. The summed E-state index contributed by atoms with van der Waals surface area (Å²) in [5, 5.41) is 5.34. The number of thiophene rings is 1. The molecule has 0 spiro atoms. The molecule has 0 bridgehead atoms. The molecule has 5 aromatic rings. The smallest absolute Gasteiger partial charge is 0.0880 e. The molecule has 0 aliphatic carbocycles. The van der Waals surface area contributed by atoms with Crippen LogP contribution in [-0.4, -0.2) is 29.2 Å². The highest BCUT2D eigenvalue weighted by atomic mass is 32.1. The van der Waals surface area contributed by atoms with Gasteiger partial charge in [-0.1, -0.05) is 116 Å². The summed E-state index contributed by atoms with van der Waals surface area (Å²) in [7, 11) is -4.72. The minimum Gasteiger partial charge on any atom is -0.255 e. The molecule has 0 saturated carbocycles.